The molecule has 0 saturated heterocycles. The van der Waals surface area contributed by atoms with Gasteiger partial charge in [0.25, 0.3) is 5.56 Å². The van der Waals surface area contributed by atoms with E-state index < -0.39 is 10.8 Å². The molecule has 0 unspecified atom stereocenters. The van der Waals surface area contributed by atoms with E-state index in [1.807, 2.05) is 0 Å². The fourth-order valence-corrected chi connectivity index (χ4v) is 2.02. The van der Waals surface area contributed by atoms with Crippen molar-refractivity contribution >= 4 is 16.8 Å². The summed E-state index contributed by atoms with van der Waals surface area (Å²) in [5.74, 6) is 1.19. The second-order valence-corrected chi connectivity index (χ2v) is 4.63. The van der Waals surface area contributed by atoms with Gasteiger partial charge in [0.15, 0.2) is 0 Å². The smallest absolute Gasteiger partial charge is 0.267 e. The predicted octanol–water partition coefficient (Wildman–Crippen LogP) is 1.76. The lowest BCUT2D eigenvalue weighted by Crippen LogP contribution is -2.16. The molecule has 1 heterocycles. The maximum absolute atomic E-state index is 11.6. The van der Waals surface area contributed by atoms with Crippen LogP contribution in [0.1, 0.15) is 5.56 Å². The molecule has 1 aromatic heterocycles. The Morgan fingerprint density at radius 2 is 2.05 bits per heavy atom. The van der Waals surface area contributed by atoms with Gasteiger partial charge >= 0.3 is 0 Å². The van der Waals surface area contributed by atoms with Gasteiger partial charge in [0, 0.05) is 11.1 Å². The van der Waals surface area contributed by atoms with Crippen molar-refractivity contribution in [3.8, 4) is 22.8 Å². The largest absolute Gasteiger partial charge is 0.497 e. The topological polar surface area (TPSA) is 81.3 Å². The summed E-state index contributed by atoms with van der Waals surface area (Å²) >= 11 is 5.33. The van der Waals surface area contributed by atoms with Crippen LogP contribution < -0.4 is 15.0 Å². The molecule has 110 valence electrons. The molecule has 1 N–H and O–H groups in total. The van der Waals surface area contributed by atoms with Crippen molar-refractivity contribution in [2.24, 2.45) is 0 Å². The van der Waals surface area contributed by atoms with Gasteiger partial charge in [-0.1, -0.05) is 0 Å². The van der Waals surface area contributed by atoms with Crippen molar-refractivity contribution in [2.75, 3.05) is 14.2 Å². The number of methoxy groups -OCH3 is 2. The number of H-pyrrole nitrogens is 1. The van der Waals surface area contributed by atoms with Crippen molar-refractivity contribution in [3.63, 3.8) is 0 Å². The third-order valence-electron chi connectivity index (χ3n) is 2.89. The molecule has 0 radical (unpaired) electrons. The number of carbonyl (C=O) groups is 1. The third-order valence-corrected chi connectivity index (χ3v) is 3.03. The number of hydrogen-bond acceptors (Lipinski definition) is 5. The predicted molar refractivity (Wildman–Crippen MR) is 78.0 cm³/mol. The van der Waals surface area contributed by atoms with E-state index in [2.05, 4.69) is 10.2 Å². The molecule has 0 bridgehead atoms. The first-order valence-corrected chi connectivity index (χ1v) is 6.42. The number of halogens is 1. The van der Waals surface area contributed by atoms with E-state index in [-0.39, 0.29) is 12.0 Å². The average Bonchev–Trinajstić information content (AvgIpc) is 2.48. The van der Waals surface area contributed by atoms with Crippen molar-refractivity contribution in [3.05, 3.63) is 40.2 Å². The zero-order valence-electron chi connectivity index (χ0n) is 11.5. The summed E-state index contributed by atoms with van der Waals surface area (Å²) in [6.45, 7) is 0. The number of nitrogens with one attached hydrogen (secondary N) is 1. The minimum absolute atomic E-state index is 0.168. The lowest BCUT2D eigenvalue weighted by Gasteiger charge is -2.10. The van der Waals surface area contributed by atoms with Crippen LogP contribution in [-0.4, -0.2) is 29.7 Å². The molecule has 6 nitrogen and oxygen atoms in total. The number of ether oxygens (including phenoxy) is 2. The molecule has 0 atom stereocenters. The van der Waals surface area contributed by atoms with Crippen LogP contribution in [0.2, 0.25) is 0 Å². The van der Waals surface area contributed by atoms with Crippen LogP contribution >= 0.6 is 11.6 Å². The first-order valence-electron chi connectivity index (χ1n) is 6.04. The van der Waals surface area contributed by atoms with Crippen LogP contribution in [0.4, 0.5) is 0 Å². The summed E-state index contributed by atoms with van der Waals surface area (Å²) in [6, 6.07) is 6.72. The molecular formula is C14H13ClN2O4. The number of benzene rings is 1. The Bertz CT molecular complexity index is 727. The molecule has 7 heteroatoms. The summed E-state index contributed by atoms with van der Waals surface area (Å²) in [6.07, 6.45) is -0.168. The Kier molecular flexibility index (Phi) is 4.59. The summed E-state index contributed by atoms with van der Waals surface area (Å²) in [4.78, 5) is 22.6. The minimum atomic E-state index is -0.616. The van der Waals surface area contributed by atoms with Gasteiger partial charge in [0.2, 0.25) is 5.24 Å². The fraction of sp³-hybridized carbons (Fsp3) is 0.214. The molecule has 1 aromatic carbocycles. The van der Waals surface area contributed by atoms with Gasteiger partial charge in [0.05, 0.1) is 26.3 Å². The van der Waals surface area contributed by atoms with Crippen LogP contribution in [0, 0.1) is 0 Å². The second-order valence-electron chi connectivity index (χ2n) is 4.21. The van der Waals surface area contributed by atoms with Crippen molar-refractivity contribution in [2.45, 2.75) is 6.42 Å². The highest BCUT2D eigenvalue weighted by Gasteiger charge is 2.13. The molecule has 2 rings (SSSR count). The van der Waals surface area contributed by atoms with Gasteiger partial charge in [-0.2, -0.15) is 5.10 Å². The van der Waals surface area contributed by atoms with Gasteiger partial charge in [0.1, 0.15) is 11.5 Å². The van der Waals surface area contributed by atoms with Crippen LogP contribution in [0.5, 0.6) is 11.5 Å². The van der Waals surface area contributed by atoms with Crippen molar-refractivity contribution in [1.82, 2.24) is 10.2 Å². The van der Waals surface area contributed by atoms with Crippen molar-refractivity contribution in [1.29, 1.82) is 0 Å². The Balaban J connectivity index is 2.55. The third kappa shape index (κ3) is 3.41. The van der Waals surface area contributed by atoms with Crippen LogP contribution in [0.25, 0.3) is 11.3 Å². The number of carbonyl (C=O) groups excluding carboxylic acids is 1. The molecule has 0 spiro atoms. The average molecular weight is 309 g/mol. The van der Waals surface area contributed by atoms with Crippen LogP contribution in [-0.2, 0) is 11.2 Å². The Labute approximate surface area is 125 Å². The van der Waals surface area contributed by atoms with Gasteiger partial charge < -0.3 is 9.47 Å². The molecule has 2 aromatic rings. The lowest BCUT2D eigenvalue weighted by atomic mass is 10.1. The zero-order valence-corrected chi connectivity index (χ0v) is 12.2. The molecule has 21 heavy (non-hydrogen) atoms. The lowest BCUT2D eigenvalue weighted by molar-refractivity contribution is -0.111. The maximum atomic E-state index is 11.6. The van der Waals surface area contributed by atoms with E-state index in [1.54, 1.807) is 25.3 Å². The van der Waals surface area contributed by atoms with E-state index in [4.69, 9.17) is 21.1 Å². The number of nitrogens with zero attached hydrogens (tertiary/aromatic N) is 1. The second kappa shape index (κ2) is 6.41. The normalized spacial score (nSPS) is 10.2. The van der Waals surface area contributed by atoms with E-state index in [0.29, 0.717) is 22.8 Å². The van der Waals surface area contributed by atoms with Gasteiger partial charge in [-0.25, -0.2) is 5.10 Å². The summed E-state index contributed by atoms with van der Waals surface area (Å²) in [5.41, 5.74) is 0.883. The van der Waals surface area contributed by atoms with E-state index >= 15 is 0 Å². The molecule has 0 aliphatic heterocycles. The summed E-state index contributed by atoms with van der Waals surface area (Å²) in [5, 5.41) is 5.71. The molecular weight excluding hydrogens is 296 g/mol. The zero-order chi connectivity index (χ0) is 15.4. The van der Waals surface area contributed by atoms with Crippen LogP contribution in [0.15, 0.2) is 29.1 Å². The quantitative estimate of drug-likeness (QED) is 0.851. The number of hydrogen-bond donors (Lipinski definition) is 1. The van der Waals surface area contributed by atoms with Crippen LogP contribution in [0.3, 0.4) is 0 Å². The number of rotatable bonds is 5. The maximum Gasteiger partial charge on any atom is 0.267 e. The molecule has 0 aliphatic rings. The first-order chi connectivity index (χ1) is 10.0. The highest BCUT2D eigenvalue weighted by atomic mass is 35.5. The highest BCUT2D eigenvalue weighted by molar-refractivity contribution is 6.63. The Hall–Kier alpha value is -2.34. The SMILES string of the molecule is COc1ccc(OC)c(-c2cc(CC(=O)Cl)c(=O)[nH]n2)c1. The number of aromatic nitrogens is 2. The fourth-order valence-electron chi connectivity index (χ4n) is 1.88. The standard InChI is InChI=1S/C14H13ClN2O4/c1-20-9-3-4-12(21-2)10(7-9)11-5-8(6-13(15)18)14(19)17-16-11/h3-5,7H,6H2,1-2H3,(H,17,19). The molecule has 0 aliphatic carbocycles. The van der Waals surface area contributed by atoms with Crippen molar-refractivity contribution < 1.29 is 14.3 Å². The summed E-state index contributed by atoms with van der Waals surface area (Å²) in [7, 11) is 3.07. The first kappa shape index (κ1) is 15.1. The van der Waals surface area contributed by atoms with Gasteiger partial charge in [-0.15, -0.1) is 0 Å². The molecule has 0 amide bonds. The Morgan fingerprint density at radius 3 is 2.67 bits per heavy atom. The van der Waals surface area contributed by atoms with E-state index in [1.165, 1.54) is 13.2 Å². The summed E-state index contributed by atoms with van der Waals surface area (Å²) < 4.78 is 10.4. The van der Waals surface area contributed by atoms with Gasteiger partial charge in [-0.05, 0) is 35.9 Å². The van der Waals surface area contributed by atoms with E-state index in [0.717, 1.165) is 0 Å². The monoisotopic (exact) mass is 308 g/mol. The highest BCUT2D eigenvalue weighted by Crippen LogP contribution is 2.31. The van der Waals surface area contributed by atoms with Gasteiger partial charge in [-0.3, -0.25) is 9.59 Å². The number of aromatic amines is 1. The van der Waals surface area contributed by atoms with E-state index in [9.17, 15) is 9.59 Å². The minimum Gasteiger partial charge on any atom is -0.497 e. The molecule has 0 saturated carbocycles. The Morgan fingerprint density at radius 1 is 1.29 bits per heavy atom. The molecule has 0 fully saturated rings.